The van der Waals surface area contributed by atoms with E-state index in [-0.39, 0.29) is 30.0 Å². The van der Waals surface area contributed by atoms with Gasteiger partial charge in [-0.05, 0) is 19.4 Å². The third-order valence-corrected chi connectivity index (χ3v) is 6.08. The van der Waals surface area contributed by atoms with Crippen molar-refractivity contribution >= 4 is 11.9 Å². The molecule has 0 bridgehead atoms. The van der Waals surface area contributed by atoms with Crippen LogP contribution in [0.2, 0.25) is 0 Å². The summed E-state index contributed by atoms with van der Waals surface area (Å²) in [6, 6.07) is 0. The molecule has 1 saturated carbocycles. The van der Waals surface area contributed by atoms with E-state index in [0.717, 1.165) is 31.8 Å². The highest BCUT2D eigenvalue weighted by atomic mass is 16.5. The molecule has 8 heteroatoms. The van der Waals surface area contributed by atoms with Crippen molar-refractivity contribution in [3.8, 4) is 0 Å². The van der Waals surface area contributed by atoms with Gasteiger partial charge in [0.25, 0.3) is 11.7 Å². The van der Waals surface area contributed by atoms with Crippen LogP contribution in [0.25, 0.3) is 0 Å². The van der Waals surface area contributed by atoms with Gasteiger partial charge in [0.1, 0.15) is 0 Å². The minimum Gasteiger partial charge on any atom is -0.481 e. The summed E-state index contributed by atoms with van der Waals surface area (Å²) in [5, 5.41) is 13.1. The van der Waals surface area contributed by atoms with E-state index in [4.69, 9.17) is 4.52 Å². The minimum atomic E-state index is -0.882. The van der Waals surface area contributed by atoms with Crippen LogP contribution in [-0.4, -0.2) is 70.2 Å². The number of carbonyl (C=O) groups excluding carboxylic acids is 1. The third-order valence-electron chi connectivity index (χ3n) is 6.08. The van der Waals surface area contributed by atoms with Crippen molar-refractivity contribution in [3.63, 3.8) is 0 Å². The fraction of sp³-hybridized carbons (Fsp3) is 0.800. The molecule has 1 aromatic heterocycles. The first-order valence-electron chi connectivity index (χ1n) is 10.6. The predicted molar refractivity (Wildman–Crippen MR) is 103 cm³/mol. The molecule has 1 amide bonds. The first kappa shape index (κ1) is 20.8. The molecule has 1 aliphatic carbocycles. The van der Waals surface area contributed by atoms with E-state index in [2.05, 4.69) is 15.0 Å². The number of rotatable bonds is 8. The lowest BCUT2D eigenvalue weighted by Gasteiger charge is -2.31. The molecule has 156 valence electrons. The zero-order chi connectivity index (χ0) is 19.9. The lowest BCUT2D eigenvalue weighted by atomic mass is 9.84. The Morgan fingerprint density at radius 3 is 2.57 bits per heavy atom. The number of amides is 1. The van der Waals surface area contributed by atoms with Crippen LogP contribution in [0.5, 0.6) is 0 Å². The van der Waals surface area contributed by atoms with Crippen molar-refractivity contribution in [2.75, 3.05) is 33.2 Å². The van der Waals surface area contributed by atoms with E-state index in [1.54, 1.807) is 4.90 Å². The Kier molecular flexibility index (Phi) is 7.42. The summed E-state index contributed by atoms with van der Waals surface area (Å²) in [4.78, 5) is 32.1. The Balaban J connectivity index is 1.57. The van der Waals surface area contributed by atoms with E-state index < -0.39 is 5.97 Å². The maximum absolute atomic E-state index is 12.6. The second-order valence-corrected chi connectivity index (χ2v) is 8.28. The molecule has 1 atom stereocenters. The molecule has 0 aromatic carbocycles. The molecule has 0 radical (unpaired) electrons. The van der Waals surface area contributed by atoms with Gasteiger partial charge in [-0.3, -0.25) is 9.59 Å². The molecule has 1 aliphatic heterocycles. The second kappa shape index (κ2) is 10.0. The molecule has 1 saturated heterocycles. The number of aliphatic carboxylic acids is 1. The van der Waals surface area contributed by atoms with E-state index >= 15 is 0 Å². The van der Waals surface area contributed by atoms with Gasteiger partial charge in [-0.15, -0.1) is 0 Å². The quantitative estimate of drug-likeness (QED) is 0.726. The maximum Gasteiger partial charge on any atom is 0.304 e. The summed E-state index contributed by atoms with van der Waals surface area (Å²) in [5.41, 5.74) is 0. The van der Waals surface area contributed by atoms with Crippen molar-refractivity contribution in [1.82, 2.24) is 19.9 Å². The van der Waals surface area contributed by atoms with Crippen molar-refractivity contribution in [2.45, 2.75) is 63.7 Å². The van der Waals surface area contributed by atoms with Crippen LogP contribution in [0.3, 0.4) is 0 Å². The number of aromatic nitrogens is 2. The summed E-state index contributed by atoms with van der Waals surface area (Å²) in [7, 11) is 2.03. The molecule has 28 heavy (non-hydrogen) atoms. The lowest BCUT2D eigenvalue weighted by Crippen LogP contribution is -2.47. The van der Waals surface area contributed by atoms with Gasteiger partial charge in [0, 0.05) is 32.1 Å². The number of piperazine rings is 1. The molecule has 8 nitrogen and oxygen atoms in total. The largest absolute Gasteiger partial charge is 0.481 e. The van der Waals surface area contributed by atoms with Crippen molar-refractivity contribution in [3.05, 3.63) is 11.7 Å². The van der Waals surface area contributed by atoms with E-state index in [1.165, 1.54) is 32.1 Å². The van der Waals surface area contributed by atoms with Gasteiger partial charge in [-0.1, -0.05) is 50.1 Å². The van der Waals surface area contributed by atoms with Crippen LogP contribution >= 0.6 is 0 Å². The Bertz CT molecular complexity index is 648. The van der Waals surface area contributed by atoms with Gasteiger partial charge in [0.15, 0.2) is 0 Å². The summed E-state index contributed by atoms with van der Waals surface area (Å²) in [6.07, 6.45) is 9.26. The Labute approximate surface area is 166 Å². The molecule has 3 rings (SSSR count). The number of carboxylic acid groups (broad SMARTS) is 1. The summed E-state index contributed by atoms with van der Waals surface area (Å²) < 4.78 is 5.32. The number of hydrogen-bond donors (Lipinski definition) is 1. The molecule has 1 aromatic rings. The fourth-order valence-electron chi connectivity index (χ4n) is 4.29. The maximum atomic E-state index is 12.6. The van der Waals surface area contributed by atoms with Crippen molar-refractivity contribution < 1.29 is 19.2 Å². The topological polar surface area (TPSA) is 99.8 Å². The average molecular weight is 393 g/mol. The van der Waals surface area contributed by atoms with Gasteiger partial charge >= 0.3 is 5.97 Å². The predicted octanol–water partition coefficient (Wildman–Crippen LogP) is 2.77. The highest BCUT2D eigenvalue weighted by molar-refractivity contribution is 5.90. The van der Waals surface area contributed by atoms with Crippen LogP contribution in [0.4, 0.5) is 0 Å². The highest BCUT2D eigenvalue weighted by Gasteiger charge is 2.28. The van der Waals surface area contributed by atoms with E-state index in [0.29, 0.717) is 19.5 Å². The first-order chi connectivity index (χ1) is 13.5. The molecule has 1 N–H and O–H groups in total. The highest BCUT2D eigenvalue weighted by Crippen LogP contribution is 2.31. The fourth-order valence-corrected chi connectivity index (χ4v) is 4.29. The standard InChI is InChI=1S/C20H32N4O4/c1-23-10-12-24(13-11-23)20(27)18-21-19(28-22-18)16(14-17(25)26)9-5-8-15-6-3-2-4-7-15/h15-16H,2-14H2,1H3,(H,25,26)/t16-/m1/s1. The molecule has 2 fully saturated rings. The van der Waals surface area contributed by atoms with E-state index in [1.807, 2.05) is 7.05 Å². The number of carboxylic acids is 1. The molecule has 2 heterocycles. The molecule has 2 aliphatic rings. The van der Waals surface area contributed by atoms with Crippen molar-refractivity contribution in [1.29, 1.82) is 0 Å². The van der Waals surface area contributed by atoms with Crippen LogP contribution < -0.4 is 0 Å². The normalized spacial score (nSPS) is 20.2. The number of nitrogens with zero attached hydrogens (tertiary/aromatic N) is 4. The Morgan fingerprint density at radius 2 is 1.89 bits per heavy atom. The van der Waals surface area contributed by atoms with Gasteiger partial charge in [-0.2, -0.15) is 4.98 Å². The first-order valence-corrected chi connectivity index (χ1v) is 10.6. The summed E-state index contributed by atoms with van der Waals surface area (Å²) in [6.45, 7) is 2.91. The monoisotopic (exact) mass is 392 g/mol. The Hall–Kier alpha value is -1.96. The summed E-state index contributed by atoms with van der Waals surface area (Å²) >= 11 is 0. The minimum absolute atomic E-state index is 0.0437. The van der Waals surface area contributed by atoms with Crippen LogP contribution in [0.1, 0.15) is 80.2 Å². The van der Waals surface area contributed by atoms with Gasteiger partial charge in [0.2, 0.25) is 5.89 Å². The third kappa shape index (κ3) is 5.77. The average Bonchev–Trinajstić information content (AvgIpc) is 3.18. The van der Waals surface area contributed by atoms with Crippen LogP contribution in [0.15, 0.2) is 4.52 Å². The van der Waals surface area contributed by atoms with Crippen LogP contribution in [0, 0.1) is 5.92 Å². The smallest absolute Gasteiger partial charge is 0.304 e. The SMILES string of the molecule is CN1CCN(C(=O)c2noc([C@H](CCCC3CCCCC3)CC(=O)O)n2)CC1. The zero-order valence-corrected chi connectivity index (χ0v) is 16.8. The number of likely N-dealkylation sites (N-methyl/N-ethyl adjacent to an activating group) is 1. The summed E-state index contributed by atoms with van der Waals surface area (Å²) in [5.74, 6) is -0.364. The van der Waals surface area contributed by atoms with Gasteiger partial charge < -0.3 is 19.4 Å². The number of hydrogen-bond acceptors (Lipinski definition) is 6. The van der Waals surface area contributed by atoms with Crippen molar-refractivity contribution in [2.24, 2.45) is 5.92 Å². The molecule has 0 spiro atoms. The molecular weight excluding hydrogens is 360 g/mol. The van der Waals surface area contributed by atoms with E-state index in [9.17, 15) is 14.7 Å². The van der Waals surface area contributed by atoms with Gasteiger partial charge in [-0.25, -0.2) is 0 Å². The molecular formula is C20H32N4O4. The number of carbonyl (C=O) groups is 2. The zero-order valence-electron chi connectivity index (χ0n) is 16.8. The lowest BCUT2D eigenvalue weighted by molar-refractivity contribution is -0.137. The second-order valence-electron chi connectivity index (χ2n) is 8.28. The van der Waals surface area contributed by atoms with Crippen LogP contribution in [-0.2, 0) is 4.79 Å². The molecule has 0 unspecified atom stereocenters. The van der Waals surface area contributed by atoms with Gasteiger partial charge in [0.05, 0.1) is 6.42 Å². The Morgan fingerprint density at radius 1 is 1.18 bits per heavy atom.